The molecule has 0 saturated heterocycles. The predicted molar refractivity (Wildman–Crippen MR) is 86.5 cm³/mol. The van der Waals surface area contributed by atoms with Gasteiger partial charge in [-0.05, 0) is 30.3 Å². The van der Waals surface area contributed by atoms with E-state index in [-0.39, 0.29) is 0 Å². The number of hydrogen-bond donors (Lipinski definition) is 1. The molecule has 21 heavy (non-hydrogen) atoms. The second-order valence-electron chi connectivity index (χ2n) is 4.75. The van der Waals surface area contributed by atoms with Gasteiger partial charge in [-0.3, -0.25) is 4.98 Å². The first-order valence-electron chi connectivity index (χ1n) is 6.55. The number of aliphatic hydroxyl groups excluding tert-OH is 1. The van der Waals surface area contributed by atoms with Crippen molar-refractivity contribution in [3.05, 3.63) is 70.3 Å². The fourth-order valence-corrected chi connectivity index (χ4v) is 2.71. The monoisotopic (exact) mass is 343 g/mol. The van der Waals surface area contributed by atoms with E-state index in [1.165, 1.54) is 0 Å². The lowest BCUT2D eigenvalue weighted by Crippen LogP contribution is -2.03. The van der Waals surface area contributed by atoms with Crippen LogP contribution in [-0.2, 0) is 0 Å². The standard InChI is InChI=1S/C17H14BrNO2/c1-21-16-7-6-13(18)9-14(16)17(20)12-8-11-4-2-3-5-15(11)19-10-12/h2-10,17,20H,1H3. The summed E-state index contributed by atoms with van der Waals surface area (Å²) in [6.07, 6.45) is 0.919. The number of aliphatic hydroxyl groups is 1. The zero-order chi connectivity index (χ0) is 14.8. The minimum absolute atomic E-state index is 0.652. The third-order valence-electron chi connectivity index (χ3n) is 3.41. The summed E-state index contributed by atoms with van der Waals surface area (Å²) in [4.78, 5) is 4.39. The summed E-state index contributed by atoms with van der Waals surface area (Å²) in [7, 11) is 1.60. The van der Waals surface area contributed by atoms with Crippen molar-refractivity contribution >= 4 is 26.8 Å². The van der Waals surface area contributed by atoms with Gasteiger partial charge in [0.25, 0.3) is 0 Å². The van der Waals surface area contributed by atoms with Crippen molar-refractivity contribution in [3.8, 4) is 5.75 Å². The molecule has 0 aliphatic heterocycles. The first-order valence-corrected chi connectivity index (χ1v) is 7.34. The van der Waals surface area contributed by atoms with E-state index in [9.17, 15) is 5.11 Å². The van der Waals surface area contributed by atoms with Crippen molar-refractivity contribution in [1.29, 1.82) is 0 Å². The van der Waals surface area contributed by atoms with Gasteiger partial charge in [-0.1, -0.05) is 34.1 Å². The van der Waals surface area contributed by atoms with Crippen LogP contribution < -0.4 is 4.74 Å². The van der Waals surface area contributed by atoms with Gasteiger partial charge < -0.3 is 9.84 Å². The zero-order valence-electron chi connectivity index (χ0n) is 11.5. The summed E-state index contributed by atoms with van der Waals surface area (Å²) >= 11 is 3.42. The lowest BCUT2D eigenvalue weighted by molar-refractivity contribution is 0.214. The largest absolute Gasteiger partial charge is 0.496 e. The van der Waals surface area contributed by atoms with E-state index in [4.69, 9.17) is 4.74 Å². The van der Waals surface area contributed by atoms with Gasteiger partial charge in [-0.15, -0.1) is 0 Å². The van der Waals surface area contributed by atoms with Gasteiger partial charge in [0.1, 0.15) is 11.9 Å². The topological polar surface area (TPSA) is 42.4 Å². The Hall–Kier alpha value is -1.91. The maximum atomic E-state index is 10.6. The van der Waals surface area contributed by atoms with Crippen molar-refractivity contribution in [2.45, 2.75) is 6.10 Å². The molecular formula is C17H14BrNO2. The molecule has 1 atom stereocenters. The maximum absolute atomic E-state index is 10.6. The zero-order valence-corrected chi connectivity index (χ0v) is 13.0. The maximum Gasteiger partial charge on any atom is 0.125 e. The van der Waals surface area contributed by atoms with E-state index >= 15 is 0 Å². The van der Waals surface area contributed by atoms with Crippen LogP contribution in [0.4, 0.5) is 0 Å². The smallest absolute Gasteiger partial charge is 0.125 e. The van der Waals surface area contributed by atoms with E-state index < -0.39 is 6.10 Å². The van der Waals surface area contributed by atoms with Gasteiger partial charge in [-0.2, -0.15) is 0 Å². The molecule has 0 saturated carbocycles. The Bertz CT molecular complexity index is 789. The van der Waals surface area contributed by atoms with Crippen molar-refractivity contribution in [2.75, 3.05) is 7.11 Å². The second-order valence-corrected chi connectivity index (χ2v) is 5.67. The molecular weight excluding hydrogens is 330 g/mol. The molecule has 0 amide bonds. The van der Waals surface area contributed by atoms with Crippen molar-refractivity contribution in [3.63, 3.8) is 0 Å². The molecule has 106 valence electrons. The number of methoxy groups -OCH3 is 1. The Labute approximate surface area is 131 Å². The summed E-state index contributed by atoms with van der Waals surface area (Å²) in [5.41, 5.74) is 2.36. The summed E-state index contributed by atoms with van der Waals surface area (Å²) in [5.74, 6) is 0.652. The molecule has 3 rings (SSSR count). The minimum Gasteiger partial charge on any atom is -0.496 e. The summed E-state index contributed by atoms with van der Waals surface area (Å²) in [5, 5.41) is 11.6. The first-order chi connectivity index (χ1) is 10.2. The van der Waals surface area contributed by atoms with Crippen molar-refractivity contribution in [2.24, 2.45) is 0 Å². The molecule has 0 radical (unpaired) electrons. The molecule has 4 heteroatoms. The van der Waals surface area contributed by atoms with Crippen LogP contribution in [0.3, 0.4) is 0 Å². The fraction of sp³-hybridized carbons (Fsp3) is 0.118. The average molecular weight is 344 g/mol. The number of para-hydroxylation sites is 1. The van der Waals surface area contributed by atoms with Crippen LogP contribution >= 0.6 is 15.9 Å². The highest BCUT2D eigenvalue weighted by atomic mass is 79.9. The normalized spacial score (nSPS) is 12.3. The van der Waals surface area contributed by atoms with Gasteiger partial charge in [-0.25, -0.2) is 0 Å². The van der Waals surface area contributed by atoms with Crippen LogP contribution in [-0.4, -0.2) is 17.2 Å². The molecule has 3 nitrogen and oxygen atoms in total. The number of hydrogen-bond acceptors (Lipinski definition) is 3. The number of ether oxygens (including phenoxy) is 1. The molecule has 1 unspecified atom stereocenters. The third kappa shape index (κ3) is 2.77. The summed E-state index contributed by atoms with van der Waals surface area (Å²) in [6.45, 7) is 0. The molecule has 1 aromatic heterocycles. The van der Waals surface area contributed by atoms with E-state index in [2.05, 4.69) is 20.9 Å². The van der Waals surface area contributed by atoms with Crippen LogP contribution in [0, 0.1) is 0 Å². The minimum atomic E-state index is -0.783. The van der Waals surface area contributed by atoms with Gasteiger partial charge in [0.05, 0.1) is 12.6 Å². The molecule has 3 aromatic rings. The molecule has 0 fully saturated rings. The molecule has 0 bridgehead atoms. The van der Waals surface area contributed by atoms with E-state index in [1.54, 1.807) is 13.3 Å². The van der Waals surface area contributed by atoms with E-state index in [0.29, 0.717) is 11.3 Å². The number of nitrogens with zero attached hydrogens (tertiary/aromatic N) is 1. The Morgan fingerprint density at radius 1 is 1.14 bits per heavy atom. The van der Waals surface area contributed by atoms with Crippen LogP contribution in [0.2, 0.25) is 0 Å². The third-order valence-corrected chi connectivity index (χ3v) is 3.91. The predicted octanol–water partition coefficient (Wildman–Crippen LogP) is 4.09. The van der Waals surface area contributed by atoms with Crippen LogP contribution in [0.1, 0.15) is 17.2 Å². The number of benzene rings is 2. The summed E-state index contributed by atoms with van der Waals surface area (Å²) in [6, 6.07) is 15.4. The molecule has 0 aliphatic rings. The number of aromatic nitrogens is 1. The van der Waals surface area contributed by atoms with Gasteiger partial charge in [0.2, 0.25) is 0 Å². The van der Waals surface area contributed by atoms with E-state index in [1.807, 2.05) is 48.5 Å². The van der Waals surface area contributed by atoms with Crippen LogP contribution in [0.5, 0.6) is 5.75 Å². The first kappa shape index (κ1) is 14.0. The number of rotatable bonds is 3. The molecule has 1 heterocycles. The lowest BCUT2D eigenvalue weighted by Gasteiger charge is -2.15. The Kier molecular flexibility index (Phi) is 3.90. The number of fused-ring (bicyclic) bond motifs is 1. The highest BCUT2D eigenvalue weighted by molar-refractivity contribution is 9.10. The SMILES string of the molecule is COc1ccc(Br)cc1C(O)c1cnc2ccccc2c1. The van der Waals surface area contributed by atoms with Gasteiger partial charge in [0.15, 0.2) is 0 Å². The number of halogens is 1. The number of pyridine rings is 1. The highest BCUT2D eigenvalue weighted by Gasteiger charge is 2.16. The Morgan fingerprint density at radius 2 is 1.95 bits per heavy atom. The quantitative estimate of drug-likeness (QED) is 0.778. The molecule has 2 aromatic carbocycles. The average Bonchev–Trinajstić information content (AvgIpc) is 2.53. The molecule has 1 N–H and O–H groups in total. The molecule has 0 spiro atoms. The highest BCUT2D eigenvalue weighted by Crippen LogP contribution is 2.32. The van der Waals surface area contributed by atoms with Gasteiger partial charge >= 0.3 is 0 Å². The van der Waals surface area contributed by atoms with Gasteiger partial charge in [0, 0.05) is 27.2 Å². The Balaban J connectivity index is 2.07. The lowest BCUT2D eigenvalue weighted by atomic mass is 10.0. The molecule has 0 aliphatic carbocycles. The van der Waals surface area contributed by atoms with Crippen LogP contribution in [0.15, 0.2) is 59.2 Å². The summed E-state index contributed by atoms with van der Waals surface area (Å²) < 4.78 is 6.22. The van der Waals surface area contributed by atoms with Crippen LogP contribution in [0.25, 0.3) is 10.9 Å². The Morgan fingerprint density at radius 3 is 2.76 bits per heavy atom. The van der Waals surface area contributed by atoms with E-state index in [0.717, 1.165) is 20.9 Å². The van der Waals surface area contributed by atoms with Crippen molar-refractivity contribution < 1.29 is 9.84 Å². The van der Waals surface area contributed by atoms with Crippen molar-refractivity contribution in [1.82, 2.24) is 4.98 Å². The fourth-order valence-electron chi connectivity index (χ4n) is 2.34. The second kappa shape index (κ2) is 5.84.